The van der Waals surface area contributed by atoms with Crippen LogP contribution in [-0.2, 0) is 21.7 Å². The van der Waals surface area contributed by atoms with E-state index in [4.69, 9.17) is 19.9 Å². The minimum atomic E-state index is -0.159. The first-order chi connectivity index (χ1) is 45.6. The van der Waals surface area contributed by atoms with Crippen LogP contribution in [0.15, 0.2) is 267 Å². The monoisotopic (exact) mass is 1200 g/mol. The number of hydrogen-bond acceptors (Lipinski definition) is 4. The number of rotatable bonds is 8. The molecule has 0 N–H and O–H groups in total. The van der Waals surface area contributed by atoms with Crippen molar-refractivity contribution in [1.82, 2.24) is 19.9 Å². The molecule has 0 saturated carbocycles. The normalized spacial score (nSPS) is 14.9. The molecule has 0 aliphatic heterocycles. The van der Waals surface area contributed by atoms with Crippen molar-refractivity contribution in [2.45, 2.75) is 77.0 Å². The van der Waals surface area contributed by atoms with Crippen LogP contribution in [0.3, 0.4) is 0 Å². The van der Waals surface area contributed by atoms with Gasteiger partial charge >= 0.3 is 0 Å². The van der Waals surface area contributed by atoms with E-state index in [0.29, 0.717) is 11.6 Å². The minimum Gasteiger partial charge on any atom is -0.228 e. The summed E-state index contributed by atoms with van der Waals surface area (Å²) in [6.45, 7) is 18.7. The van der Waals surface area contributed by atoms with E-state index in [0.717, 1.165) is 67.3 Å². The van der Waals surface area contributed by atoms with Crippen LogP contribution in [0.1, 0.15) is 99.9 Å². The van der Waals surface area contributed by atoms with Gasteiger partial charge in [0.05, 0.1) is 22.8 Å². The van der Waals surface area contributed by atoms with Crippen molar-refractivity contribution >= 4 is 10.8 Å². The number of hydrogen-bond donors (Lipinski definition) is 0. The van der Waals surface area contributed by atoms with Gasteiger partial charge in [-0.3, -0.25) is 0 Å². The number of nitrogens with zero attached hydrogens (tertiary/aromatic N) is 4. The van der Waals surface area contributed by atoms with Gasteiger partial charge in [-0.05, 0) is 158 Å². The molecule has 12 aromatic carbocycles. The van der Waals surface area contributed by atoms with E-state index in [9.17, 15) is 0 Å². The van der Waals surface area contributed by atoms with Crippen molar-refractivity contribution in [3.05, 3.63) is 311 Å². The third-order valence-electron chi connectivity index (χ3n) is 21.8. The van der Waals surface area contributed by atoms with E-state index in [-0.39, 0.29) is 21.7 Å². The summed E-state index contributed by atoms with van der Waals surface area (Å²) in [7, 11) is 0. The van der Waals surface area contributed by atoms with Crippen LogP contribution in [0, 0.1) is 0 Å². The van der Waals surface area contributed by atoms with Crippen LogP contribution < -0.4 is 0 Å². The third-order valence-corrected chi connectivity index (χ3v) is 21.8. The first-order valence-electron chi connectivity index (χ1n) is 33.1. The highest BCUT2D eigenvalue weighted by atomic mass is 14.9. The van der Waals surface area contributed by atoms with Crippen LogP contribution in [0.4, 0.5) is 0 Å². The van der Waals surface area contributed by atoms with E-state index in [2.05, 4.69) is 322 Å². The second-order valence-corrected chi connectivity index (χ2v) is 28.5. The Morgan fingerprint density at radius 3 is 0.734 bits per heavy atom. The smallest absolute Gasteiger partial charge is 0.160 e. The lowest BCUT2D eigenvalue weighted by Gasteiger charge is -2.22. The predicted molar refractivity (Wildman–Crippen MR) is 389 cm³/mol. The molecule has 0 amide bonds. The van der Waals surface area contributed by atoms with Crippen LogP contribution in [0.2, 0.25) is 0 Å². The van der Waals surface area contributed by atoms with Gasteiger partial charge < -0.3 is 0 Å². The average Bonchev–Trinajstić information content (AvgIpc) is 1.59. The van der Waals surface area contributed by atoms with Gasteiger partial charge in [0.2, 0.25) is 0 Å². The summed E-state index contributed by atoms with van der Waals surface area (Å²) >= 11 is 0. The molecule has 4 nitrogen and oxygen atoms in total. The molecule has 0 bridgehead atoms. The van der Waals surface area contributed by atoms with Crippen molar-refractivity contribution in [2.75, 3.05) is 0 Å². The van der Waals surface area contributed by atoms with Crippen molar-refractivity contribution in [2.24, 2.45) is 0 Å². The fourth-order valence-corrected chi connectivity index (χ4v) is 16.6. The molecule has 0 atom stereocenters. The van der Waals surface area contributed by atoms with E-state index < -0.39 is 0 Å². The van der Waals surface area contributed by atoms with Gasteiger partial charge in [0.25, 0.3) is 0 Å². The summed E-state index contributed by atoms with van der Waals surface area (Å²) < 4.78 is 0. The largest absolute Gasteiger partial charge is 0.228 e. The van der Waals surface area contributed by atoms with Gasteiger partial charge in [-0.25, -0.2) is 19.9 Å². The predicted octanol–water partition coefficient (Wildman–Crippen LogP) is 23.0. The zero-order chi connectivity index (χ0) is 63.6. The molecule has 0 radical (unpaired) electrons. The van der Waals surface area contributed by atoms with Gasteiger partial charge in [0.1, 0.15) is 0 Å². The average molecular weight is 1210 g/mol. The lowest BCUT2D eigenvalue weighted by atomic mass is 9.82. The number of benzene rings is 12. The van der Waals surface area contributed by atoms with E-state index in [1.807, 2.05) is 0 Å². The molecule has 0 unspecified atom stereocenters. The lowest BCUT2D eigenvalue weighted by Crippen LogP contribution is -2.15. The van der Waals surface area contributed by atoms with Gasteiger partial charge in [0, 0.05) is 55.0 Å². The van der Waals surface area contributed by atoms with Gasteiger partial charge in [-0.1, -0.05) is 286 Å². The van der Waals surface area contributed by atoms with Crippen molar-refractivity contribution in [3.8, 4) is 135 Å². The quantitative estimate of drug-likeness (QED) is 0.152. The van der Waals surface area contributed by atoms with E-state index in [1.165, 1.54) is 111 Å². The summed E-state index contributed by atoms with van der Waals surface area (Å²) in [5.74, 6) is 1.43. The van der Waals surface area contributed by atoms with Crippen molar-refractivity contribution < 1.29 is 0 Å². The van der Waals surface area contributed by atoms with Crippen LogP contribution >= 0.6 is 0 Å². The molecule has 14 aromatic rings. The highest BCUT2D eigenvalue weighted by molar-refractivity contribution is 6.05. The molecular weight excluding hydrogens is 1140 g/mol. The number of fused-ring (bicyclic) bond motifs is 13. The Bertz CT molecular complexity index is 4950. The van der Waals surface area contributed by atoms with Crippen molar-refractivity contribution in [3.63, 3.8) is 0 Å². The fraction of sp³-hybridized carbons (Fsp3) is 0.133. The molecule has 4 heteroatoms. The molecule has 2 aromatic heterocycles. The van der Waals surface area contributed by atoms with Gasteiger partial charge in [-0.15, -0.1) is 0 Å². The Morgan fingerprint density at radius 2 is 0.415 bits per heavy atom. The molecule has 18 rings (SSSR count). The Balaban J connectivity index is 0.694. The summed E-state index contributed by atoms with van der Waals surface area (Å²) in [5, 5.41) is 2.39. The highest BCUT2D eigenvalue weighted by Gasteiger charge is 2.39. The highest BCUT2D eigenvalue weighted by Crippen LogP contribution is 2.54. The molecule has 2 heterocycles. The zero-order valence-electron chi connectivity index (χ0n) is 54.2. The Kier molecular flexibility index (Phi) is 12.1. The maximum atomic E-state index is 5.45. The first-order valence-corrected chi connectivity index (χ1v) is 33.1. The van der Waals surface area contributed by atoms with Crippen LogP contribution in [-0.4, -0.2) is 19.9 Å². The van der Waals surface area contributed by atoms with Crippen LogP contribution in [0.25, 0.3) is 145 Å². The Morgan fingerprint density at radius 1 is 0.181 bits per heavy atom. The SMILES string of the molecule is CC1(C)c2ccccc2-c2ccc(-c3cc(-c4ccc(-c5cccc6c(-c7ccc(-c8cc(-c9ccc%10c(c9)C(C)(C)c9ccccc9-%10)nc(-c9ccc%10c(c9)C(C)(C)c9ccccc9-%10)n8)cc7)cccc56)cc4)nc(-c4ccc5c(c4)C(C)(C)c4ccccc4-5)n3)cc21. The molecule has 4 aliphatic carbocycles. The number of aromatic nitrogens is 4. The lowest BCUT2D eigenvalue weighted by molar-refractivity contribution is 0.660. The zero-order valence-corrected chi connectivity index (χ0v) is 54.2. The standard InChI is InChI=1S/C90H68N4/c1-87(2)73-27-13-9-19-65(73)69-43-39-57(47-77(69)87)83-51-81(91-85(93-83)59-41-45-71-67-21-11-15-29-75(67)89(5,6)79(71)49-59)55-35-31-53(32-36-55)61-23-17-26-64-62(24-18-25-63(61)64)54-33-37-56(38-34-54)82-52-84(58-40-44-70-66-20-10-14-28-74(66)88(3,4)78(70)48-58)94-86(92-82)60-42-46-72-68-22-12-16-30-76(68)90(7,8)80(72)50-60/h9-52H,1-8H3. The maximum absolute atomic E-state index is 5.45. The Labute approximate surface area is 550 Å². The third kappa shape index (κ3) is 8.38. The second-order valence-electron chi connectivity index (χ2n) is 28.5. The van der Waals surface area contributed by atoms with Crippen molar-refractivity contribution in [1.29, 1.82) is 0 Å². The van der Waals surface area contributed by atoms with Gasteiger partial charge in [0.15, 0.2) is 11.6 Å². The van der Waals surface area contributed by atoms with Gasteiger partial charge in [-0.2, -0.15) is 0 Å². The summed E-state index contributed by atoms with van der Waals surface area (Å²) in [4.78, 5) is 21.8. The molecule has 4 aliphatic rings. The molecular formula is C90H68N4. The Hall–Kier alpha value is -10.9. The fourth-order valence-electron chi connectivity index (χ4n) is 16.6. The summed E-state index contributed by atoms with van der Waals surface area (Å²) in [5.41, 5.74) is 34.9. The topological polar surface area (TPSA) is 51.6 Å². The minimum absolute atomic E-state index is 0.147. The molecule has 0 saturated heterocycles. The first kappa shape index (κ1) is 55.9. The molecule has 448 valence electrons. The maximum Gasteiger partial charge on any atom is 0.160 e. The molecule has 94 heavy (non-hydrogen) atoms. The van der Waals surface area contributed by atoms with E-state index in [1.54, 1.807) is 0 Å². The summed E-state index contributed by atoms with van der Waals surface area (Å²) in [6, 6.07) is 98.5. The molecule has 0 spiro atoms. The second kappa shape index (κ2) is 20.3. The van der Waals surface area contributed by atoms with Crippen LogP contribution in [0.5, 0.6) is 0 Å². The van der Waals surface area contributed by atoms with E-state index >= 15 is 0 Å². The molecule has 0 fully saturated rings. The summed E-state index contributed by atoms with van der Waals surface area (Å²) in [6.07, 6.45) is 0.